The minimum Gasteiger partial charge on any atom is -0.495 e. The zero-order chi connectivity index (χ0) is 12.1. The zero-order valence-electron chi connectivity index (χ0n) is 9.67. The molecule has 0 saturated carbocycles. The van der Waals surface area contributed by atoms with Crippen molar-refractivity contribution in [3.05, 3.63) is 27.7 Å². The molecule has 0 unspecified atom stereocenters. The van der Waals surface area contributed by atoms with Crippen molar-refractivity contribution < 1.29 is 14.3 Å². The maximum atomic E-state index is 11.7. The predicted molar refractivity (Wildman–Crippen MR) is 66.0 cm³/mol. The summed E-state index contributed by atoms with van der Waals surface area (Å²) in [6, 6.07) is 3.75. The lowest BCUT2D eigenvalue weighted by Gasteiger charge is -2.11. The molecule has 0 aromatic heterocycles. The molecule has 3 nitrogen and oxygen atoms in total. The fraction of sp³-hybridized carbons (Fsp3) is 0.417. The smallest absolute Gasteiger partial charge is 0.341 e. The van der Waals surface area contributed by atoms with E-state index in [0.29, 0.717) is 17.9 Å². The molecule has 0 N–H and O–H groups in total. The largest absolute Gasteiger partial charge is 0.495 e. The van der Waals surface area contributed by atoms with E-state index in [-0.39, 0.29) is 5.97 Å². The summed E-state index contributed by atoms with van der Waals surface area (Å²) in [5.74, 6) is 0.172. The highest BCUT2D eigenvalue weighted by atomic mass is 79.9. The SMILES string of the molecule is CCOC(=O)c1cc(CC)cc(Br)c1OC. The van der Waals surface area contributed by atoms with Crippen LogP contribution in [0.25, 0.3) is 0 Å². The maximum Gasteiger partial charge on any atom is 0.341 e. The number of hydrogen-bond acceptors (Lipinski definition) is 3. The molecule has 0 spiro atoms. The average molecular weight is 287 g/mol. The topological polar surface area (TPSA) is 35.5 Å². The highest BCUT2D eigenvalue weighted by Crippen LogP contribution is 2.31. The lowest BCUT2D eigenvalue weighted by molar-refractivity contribution is 0.0522. The zero-order valence-corrected chi connectivity index (χ0v) is 11.3. The van der Waals surface area contributed by atoms with E-state index in [1.54, 1.807) is 6.92 Å². The van der Waals surface area contributed by atoms with Gasteiger partial charge in [-0.05, 0) is 47.0 Å². The number of carbonyl (C=O) groups is 1. The van der Waals surface area contributed by atoms with Crippen LogP contribution in [0.2, 0.25) is 0 Å². The molecule has 1 aromatic carbocycles. The van der Waals surface area contributed by atoms with Crippen molar-refractivity contribution >= 4 is 21.9 Å². The third kappa shape index (κ3) is 2.76. The number of aryl methyl sites for hydroxylation is 1. The van der Waals surface area contributed by atoms with Crippen molar-refractivity contribution in [3.8, 4) is 5.75 Å². The third-order valence-electron chi connectivity index (χ3n) is 2.21. The minimum absolute atomic E-state index is 0.352. The van der Waals surface area contributed by atoms with E-state index in [4.69, 9.17) is 9.47 Å². The fourth-order valence-corrected chi connectivity index (χ4v) is 2.09. The van der Waals surface area contributed by atoms with Gasteiger partial charge in [0, 0.05) is 0 Å². The van der Waals surface area contributed by atoms with Crippen LogP contribution in [0.5, 0.6) is 5.75 Å². The van der Waals surface area contributed by atoms with Crippen LogP contribution in [0.3, 0.4) is 0 Å². The van der Waals surface area contributed by atoms with Gasteiger partial charge in [-0.2, -0.15) is 0 Å². The molecule has 4 heteroatoms. The molecule has 0 bridgehead atoms. The van der Waals surface area contributed by atoms with Crippen molar-refractivity contribution in [1.82, 2.24) is 0 Å². The number of methoxy groups -OCH3 is 1. The molecule has 0 aliphatic heterocycles. The highest BCUT2D eigenvalue weighted by Gasteiger charge is 2.17. The van der Waals surface area contributed by atoms with Crippen molar-refractivity contribution in [3.63, 3.8) is 0 Å². The van der Waals surface area contributed by atoms with Crippen molar-refractivity contribution in [1.29, 1.82) is 0 Å². The van der Waals surface area contributed by atoms with Gasteiger partial charge in [-0.25, -0.2) is 4.79 Å². The van der Waals surface area contributed by atoms with Gasteiger partial charge in [0.05, 0.1) is 18.2 Å². The van der Waals surface area contributed by atoms with Gasteiger partial charge in [0.25, 0.3) is 0 Å². The number of benzene rings is 1. The molecule has 0 fully saturated rings. The lowest BCUT2D eigenvalue weighted by Crippen LogP contribution is -2.08. The van der Waals surface area contributed by atoms with Gasteiger partial charge in [-0.1, -0.05) is 6.92 Å². The van der Waals surface area contributed by atoms with Crippen LogP contribution in [0.4, 0.5) is 0 Å². The Hall–Kier alpha value is -1.03. The Balaban J connectivity index is 3.22. The average Bonchev–Trinajstić information content (AvgIpc) is 2.28. The van der Waals surface area contributed by atoms with E-state index in [1.807, 2.05) is 19.1 Å². The molecule has 88 valence electrons. The van der Waals surface area contributed by atoms with E-state index < -0.39 is 0 Å². The molecule has 16 heavy (non-hydrogen) atoms. The standard InChI is InChI=1S/C12H15BrO3/c1-4-8-6-9(12(14)16-5-2)11(15-3)10(13)7-8/h6-7H,4-5H2,1-3H3. The molecule has 0 radical (unpaired) electrons. The van der Waals surface area contributed by atoms with Gasteiger partial charge in [-0.3, -0.25) is 0 Å². The fourth-order valence-electron chi connectivity index (χ4n) is 1.42. The number of esters is 1. The van der Waals surface area contributed by atoms with Crippen LogP contribution < -0.4 is 4.74 Å². The molecular weight excluding hydrogens is 272 g/mol. The number of rotatable bonds is 4. The van der Waals surface area contributed by atoms with E-state index in [2.05, 4.69) is 15.9 Å². The van der Waals surface area contributed by atoms with Gasteiger partial charge in [0.2, 0.25) is 0 Å². The van der Waals surface area contributed by atoms with Crippen molar-refractivity contribution in [2.75, 3.05) is 13.7 Å². The second kappa shape index (κ2) is 5.89. The second-order valence-corrected chi connectivity index (χ2v) is 4.09. The summed E-state index contributed by atoms with van der Waals surface area (Å²) < 4.78 is 11.0. The summed E-state index contributed by atoms with van der Waals surface area (Å²) in [7, 11) is 1.54. The van der Waals surface area contributed by atoms with Gasteiger partial charge in [0.15, 0.2) is 0 Å². The third-order valence-corrected chi connectivity index (χ3v) is 2.80. The Bertz CT molecular complexity index is 388. The van der Waals surface area contributed by atoms with Gasteiger partial charge in [0.1, 0.15) is 11.3 Å². The van der Waals surface area contributed by atoms with Crippen LogP contribution in [-0.2, 0) is 11.2 Å². The number of hydrogen-bond donors (Lipinski definition) is 0. The lowest BCUT2D eigenvalue weighted by atomic mass is 10.1. The summed E-state index contributed by atoms with van der Waals surface area (Å²) in [5.41, 5.74) is 1.53. The van der Waals surface area contributed by atoms with Crippen LogP contribution in [0.15, 0.2) is 16.6 Å². The van der Waals surface area contributed by atoms with Crippen LogP contribution >= 0.6 is 15.9 Å². The van der Waals surface area contributed by atoms with Crippen LogP contribution in [0, 0.1) is 0 Å². The predicted octanol–water partition coefficient (Wildman–Crippen LogP) is 3.20. The van der Waals surface area contributed by atoms with Gasteiger partial charge < -0.3 is 9.47 Å². The molecule has 0 aliphatic carbocycles. The molecule has 1 rings (SSSR count). The molecule has 1 aromatic rings. The number of halogens is 1. The summed E-state index contributed by atoms with van der Waals surface area (Å²) in [6.07, 6.45) is 0.856. The van der Waals surface area contributed by atoms with Gasteiger partial charge >= 0.3 is 5.97 Å². The second-order valence-electron chi connectivity index (χ2n) is 3.23. The Morgan fingerprint density at radius 1 is 1.38 bits per heavy atom. The first-order valence-corrected chi connectivity index (χ1v) is 5.96. The monoisotopic (exact) mass is 286 g/mol. The molecular formula is C12H15BrO3. The molecule has 0 aliphatic rings. The van der Waals surface area contributed by atoms with Gasteiger partial charge in [-0.15, -0.1) is 0 Å². The first-order valence-electron chi connectivity index (χ1n) is 5.17. The minimum atomic E-state index is -0.352. The van der Waals surface area contributed by atoms with Crippen molar-refractivity contribution in [2.24, 2.45) is 0 Å². The Labute approximate surface area is 104 Å². The number of ether oxygens (including phenoxy) is 2. The van der Waals surface area contributed by atoms with Crippen LogP contribution in [-0.4, -0.2) is 19.7 Å². The van der Waals surface area contributed by atoms with E-state index in [0.717, 1.165) is 16.5 Å². The van der Waals surface area contributed by atoms with E-state index >= 15 is 0 Å². The number of carbonyl (C=O) groups excluding carboxylic acids is 1. The summed E-state index contributed by atoms with van der Waals surface area (Å²) in [6.45, 7) is 4.17. The molecule has 0 heterocycles. The Morgan fingerprint density at radius 3 is 2.56 bits per heavy atom. The maximum absolute atomic E-state index is 11.7. The first-order chi connectivity index (χ1) is 7.63. The van der Waals surface area contributed by atoms with Crippen molar-refractivity contribution in [2.45, 2.75) is 20.3 Å². The summed E-state index contributed by atoms with van der Waals surface area (Å²) in [4.78, 5) is 11.7. The van der Waals surface area contributed by atoms with E-state index in [1.165, 1.54) is 7.11 Å². The van der Waals surface area contributed by atoms with E-state index in [9.17, 15) is 4.79 Å². The summed E-state index contributed by atoms with van der Waals surface area (Å²) in [5, 5.41) is 0. The molecule has 0 amide bonds. The first kappa shape index (κ1) is 13.0. The Morgan fingerprint density at radius 2 is 2.06 bits per heavy atom. The highest BCUT2D eigenvalue weighted by molar-refractivity contribution is 9.10. The van der Waals surface area contributed by atoms with Crippen LogP contribution in [0.1, 0.15) is 29.8 Å². The normalized spacial score (nSPS) is 10.0. The summed E-state index contributed by atoms with van der Waals surface area (Å²) >= 11 is 3.39. The Kier molecular flexibility index (Phi) is 4.80. The molecule has 0 saturated heterocycles. The quantitative estimate of drug-likeness (QED) is 0.798. The molecule has 0 atom stereocenters.